The molecule has 0 spiro atoms. The zero-order chi connectivity index (χ0) is 14.3. The topological polar surface area (TPSA) is 68.0 Å². The van der Waals surface area contributed by atoms with E-state index in [-0.39, 0.29) is 5.56 Å². The number of rotatable bonds is 2. The first-order valence-electron chi connectivity index (χ1n) is 6.22. The summed E-state index contributed by atoms with van der Waals surface area (Å²) in [6.07, 6.45) is 1.70. The molecule has 5 heteroatoms. The summed E-state index contributed by atoms with van der Waals surface area (Å²) in [4.78, 5) is 19.9. The van der Waals surface area contributed by atoms with Gasteiger partial charge < -0.3 is 5.11 Å². The lowest BCUT2D eigenvalue weighted by molar-refractivity contribution is 0.0697. The maximum absolute atomic E-state index is 11.1. The SMILES string of the molecule is Cc1ccc(C(=O)O)cc1-n1c(C)nc2cccnc21. The highest BCUT2D eigenvalue weighted by Gasteiger charge is 2.14. The zero-order valence-corrected chi connectivity index (χ0v) is 11.2. The fourth-order valence-electron chi connectivity index (χ4n) is 2.30. The molecule has 1 aromatic carbocycles. The molecule has 0 radical (unpaired) electrons. The van der Waals surface area contributed by atoms with E-state index in [0.29, 0.717) is 0 Å². The van der Waals surface area contributed by atoms with Crippen molar-refractivity contribution in [3.05, 3.63) is 53.5 Å². The first-order valence-corrected chi connectivity index (χ1v) is 6.22. The number of carbonyl (C=O) groups is 1. The molecule has 20 heavy (non-hydrogen) atoms. The van der Waals surface area contributed by atoms with Gasteiger partial charge in [-0.15, -0.1) is 0 Å². The molecule has 5 nitrogen and oxygen atoms in total. The summed E-state index contributed by atoms with van der Waals surface area (Å²) < 4.78 is 1.89. The highest BCUT2D eigenvalue weighted by molar-refractivity contribution is 5.89. The van der Waals surface area contributed by atoms with E-state index in [9.17, 15) is 4.79 Å². The minimum absolute atomic E-state index is 0.253. The number of carboxylic acids is 1. The second-order valence-electron chi connectivity index (χ2n) is 4.65. The smallest absolute Gasteiger partial charge is 0.335 e. The Morgan fingerprint density at radius 1 is 1.25 bits per heavy atom. The lowest BCUT2D eigenvalue weighted by Crippen LogP contribution is -2.04. The van der Waals surface area contributed by atoms with Crippen LogP contribution in [-0.4, -0.2) is 25.6 Å². The highest BCUT2D eigenvalue weighted by atomic mass is 16.4. The summed E-state index contributed by atoms with van der Waals surface area (Å²) >= 11 is 0. The number of hydrogen-bond donors (Lipinski definition) is 1. The Kier molecular flexibility index (Phi) is 2.75. The maximum Gasteiger partial charge on any atom is 0.335 e. The monoisotopic (exact) mass is 267 g/mol. The van der Waals surface area contributed by atoms with Gasteiger partial charge in [0.1, 0.15) is 11.3 Å². The number of fused-ring (bicyclic) bond motifs is 1. The third-order valence-electron chi connectivity index (χ3n) is 3.28. The quantitative estimate of drug-likeness (QED) is 0.775. The number of aromatic carboxylic acids is 1. The molecule has 0 aliphatic rings. The van der Waals surface area contributed by atoms with Gasteiger partial charge in [0.25, 0.3) is 0 Å². The fraction of sp³-hybridized carbons (Fsp3) is 0.133. The van der Waals surface area contributed by atoms with Gasteiger partial charge in [-0.2, -0.15) is 0 Å². The molecule has 100 valence electrons. The van der Waals surface area contributed by atoms with Crippen molar-refractivity contribution in [3.63, 3.8) is 0 Å². The number of imidazole rings is 1. The largest absolute Gasteiger partial charge is 0.478 e. The van der Waals surface area contributed by atoms with Gasteiger partial charge in [-0.1, -0.05) is 6.07 Å². The summed E-state index contributed by atoms with van der Waals surface area (Å²) in [6.45, 7) is 3.82. The van der Waals surface area contributed by atoms with Crippen LogP contribution in [0.3, 0.4) is 0 Å². The molecule has 0 saturated carbocycles. The first kappa shape index (κ1) is 12.3. The van der Waals surface area contributed by atoms with E-state index in [1.165, 1.54) is 0 Å². The Morgan fingerprint density at radius 3 is 2.80 bits per heavy atom. The van der Waals surface area contributed by atoms with Gasteiger partial charge >= 0.3 is 5.97 Å². The Morgan fingerprint density at radius 2 is 2.05 bits per heavy atom. The van der Waals surface area contributed by atoms with Crippen LogP contribution in [-0.2, 0) is 0 Å². The molecular weight excluding hydrogens is 254 g/mol. The molecule has 2 aromatic heterocycles. The lowest BCUT2D eigenvalue weighted by atomic mass is 10.1. The molecule has 0 fully saturated rings. The van der Waals surface area contributed by atoms with Gasteiger partial charge in [0, 0.05) is 6.20 Å². The Labute approximate surface area is 115 Å². The molecule has 0 aliphatic heterocycles. The Balaban J connectivity index is 2.33. The molecule has 0 unspecified atom stereocenters. The minimum atomic E-state index is -0.943. The van der Waals surface area contributed by atoms with Crippen molar-refractivity contribution in [2.24, 2.45) is 0 Å². The summed E-state index contributed by atoms with van der Waals surface area (Å²) in [7, 11) is 0. The van der Waals surface area contributed by atoms with Crippen LogP contribution >= 0.6 is 0 Å². The summed E-state index contributed by atoms with van der Waals surface area (Å²) in [5.74, 6) is -0.161. The van der Waals surface area contributed by atoms with Crippen molar-refractivity contribution in [1.82, 2.24) is 14.5 Å². The van der Waals surface area contributed by atoms with E-state index in [2.05, 4.69) is 9.97 Å². The maximum atomic E-state index is 11.1. The highest BCUT2D eigenvalue weighted by Crippen LogP contribution is 2.23. The standard InChI is InChI=1S/C15H13N3O2/c1-9-5-6-11(15(19)20)8-13(9)18-10(2)17-12-4-3-7-16-14(12)18/h3-8H,1-2H3,(H,19,20). The molecule has 1 N–H and O–H groups in total. The average molecular weight is 267 g/mol. The third kappa shape index (κ3) is 1.84. The summed E-state index contributed by atoms with van der Waals surface area (Å²) in [6, 6.07) is 8.78. The Hall–Kier alpha value is -2.69. The molecular formula is C15H13N3O2. The number of aryl methyl sites for hydroxylation is 2. The lowest BCUT2D eigenvalue weighted by Gasteiger charge is -2.10. The number of pyridine rings is 1. The molecule has 2 heterocycles. The van der Waals surface area contributed by atoms with Crippen molar-refractivity contribution in [2.45, 2.75) is 13.8 Å². The van der Waals surface area contributed by atoms with Crippen molar-refractivity contribution in [3.8, 4) is 5.69 Å². The van der Waals surface area contributed by atoms with E-state index in [0.717, 1.165) is 28.2 Å². The van der Waals surface area contributed by atoms with Crippen LogP contribution in [0.1, 0.15) is 21.7 Å². The minimum Gasteiger partial charge on any atom is -0.478 e. The number of aromatic nitrogens is 3. The predicted molar refractivity (Wildman–Crippen MR) is 75.3 cm³/mol. The van der Waals surface area contributed by atoms with Gasteiger partial charge in [-0.3, -0.25) is 4.57 Å². The van der Waals surface area contributed by atoms with E-state index in [1.54, 1.807) is 24.4 Å². The van der Waals surface area contributed by atoms with Gasteiger partial charge in [0.05, 0.1) is 11.3 Å². The van der Waals surface area contributed by atoms with Crippen molar-refractivity contribution >= 4 is 17.1 Å². The van der Waals surface area contributed by atoms with Gasteiger partial charge in [-0.05, 0) is 43.7 Å². The fourth-order valence-corrected chi connectivity index (χ4v) is 2.30. The summed E-state index contributed by atoms with van der Waals surface area (Å²) in [5.41, 5.74) is 3.55. The average Bonchev–Trinajstić information content (AvgIpc) is 2.75. The molecule has 0 aliphatic carbocycles. The van der Waals surface area contributed by atoms with Crippen molar-refractivity contribution in [1.29, 1.82) is 0 Å². The van der Waals surface area contributed by atoms with Crippen LogP contribution in [0.4, 0.5) is 0 Å². The molecule has 0 saturated heterocycles. The zero-order valence-electron chi connectivity index (χ0n) is 11.2. The second-order valence-corrected chi connectivity index (χ2v) is 4.65. The van der Waals surface area contributed by atoms with Gasteiger partial charge in [0.2, 0.25) is 0 Å². The van der Waals surface area contributed by atoms with Crippen LogP contribution in [0.25, 0.3) is 16.9 Å². The third-order valence-corrected chi connectivity index (χ3v) is 3.28. The van der Waals surface area contributed by atoms with E-state index < -0.39 is 5.97 Å². The van der Waals surface area contributed by atoms with E-state index >= 15 is 0 Å². The van der Waals surface area contributed by atoms with Gasteiger partial charge in [0.15, 0.2) is 5.65 Å². The Bertz CT molecular complexity index is 821. The number of nitrogens with zero attached hydrogens (tertiary/aromatic N) is 3. The first-order chi connectivity index (χ1) is 9.58. The van der Waals surface area contributed by atoms with Crippen LogP contribution in [0.5, 0.6) is 0 Å². The molecule has 3 rings (SSSR count). The second kappa shape index (κ2) is 4.45. The molecule has 0 atom stereocenters. The summed E-state index contributed by atoms with van der Waals surface area (Å²) in [5, 5.41) is 9.14. The van der Waals surface area contributed by atoms with Crippen LogP contribution in [0.15, 0.2) is 36.5 Å². The van der Waals surface area contributed by atoms with E-state index in [1.807, 2.05) is 30.5 Å². The van der Waals surface area contributed by atoms with Crippen molar-refractivity contribution < 1.29 is 9.90 Å². The van der Waals surface area contributed by atoms with Crippen LogP contribution in [0.2, 0.25) is 0 Å². The number of carboxylic acid groups (broad SMARTS) is 1. The van der Waals surface area contributed by atoms with E-state index in [4.69, 9.17) is 5.11 Å². The molecule has 0 amide bonds. The van der Waals surface area contributed by atoms with Gasteiger partial charge in [-0.25, -0.2) is 14.8 Å². The van der Waals surface area contributed by atoms with Crippen molar-refractivity contribution in [2.75, 3.05) is 0 Å². The normalized spacial score (nSPS) is 10.9. The van der Waals surface area contributed by atoms with Crippen LogP contribution in [0, 0.1) is 13.8 Å². The molecule has 3 aromatic rings. The molecule has 0 bridgehead atoms. The number of benzene rings is 1. The van der Waals surface area contributed by atoms with Crippen LogP contribution < -0.4 is 0 Å². The predicted octanol–water partition coefficient (Wildman–Crippen LogP) is 2.74. The number of hydrogen-bond acceptors (Lipinski definition) is 3.